The molecule has 0 unspecified atom stereocenters. The van der Waals surface area contributed by atoms with Crippen LogP contribution in [0.1, 0.15) is 25.7 Å². The number of carboxylic acid groups (broad SMARTS) is 1. The van der Waals surface area contributed by atoms with Crippen molar-refractivity contribution in [1.29, 1.82) is 0 Å². The maximum absolute atomic E-state index is 11.9. The van der Waals surface area contributed by atoms with Gasteiger partial charge in [0.05, 0.1) is 16.2 Å². The Balaban J connectivity index is 2.01. The first kappa shape index (κ1) is 15.3. The molecule has 0 aliphatic rings. The Morgan fingerprint density at radius 3 is 2.71 bits per heavy atom. The Labute approximate surface area is 126 Å². The van der Waals surface area contributed by atoms with E-state index in [1.54, 1.807) is 24.4 Å². The number of fused-ring (bicyclic) bond motifs is 1. The molecule has 110 valence electrons. The van der Waals surface area contributed by atoms with E-state index in [2.05, 4.69) is 10.3 Å². The normalized spacial score (nSPS) is 10.5. The van der Waals surface area contributed by atoms with Crippen molar-refractivity contribution in [2.75, 3.05) is 5.32 Å². The number of pyridine rings is 1. The van der Waals surface area contributed by atoms with E-state index in [9.17, 15) is 9.59 Å². The number of carbonyl (C=O) groups excluding carboxylic acids is 1. The number of unbranched alkanes of at least 4 members (excludes halogenated alkanes) is 1. The second-order valence-electron chi connectivity index (χ2n) is 4.64. The fourth-order valence-electron chi connectivity index (χ4n) is 2.01. The highest BCUT2D eigenvalue weighted by atomic mass is 35.5. The highest BCUT2D eigenvalue weighted by Crippen LogP contribution is 2.28. The summed E-state index contributed by atoms with van der Waals surface area (Å²) >= 11 is 6.09. The lowest BCUT2D eigenvalue weighted by Gasteiger charge is -2.09. The highest BCUT2D eigenvalue weighted by Gasteiger charge is 2.09. The van der Waals surface area contributed by atoms with Crippen LogP contribution in [-0.4, -0.2) is 22.0 Å². The van der Waals surface area contributed by atoms with Crippen LogP contribution in [0.2, 0.25) is 5.02 Å². The summed E-state index contributed by atoms with van der Waals surface area (Å²) in [5.74, 6) is -1.00. The van der Waals surface area contributed by atoms with Crippen LogP contribution in [0, 0.1) is 0 Å². The number of halogens is 1. The summed E-state index contributed by atoms with van der Waals surface area (Å²) in [4.78, 5) is 26.5. The zero-order valence-electron chi connectivity index (χ0n) is 11.3. The van der Waals surface area contributed by atoms with E-state index in [1.165, 1.54) is 0 Å². The molecule has 2 aromatic rings. The number of benzene rings is 1. The number of aliphatic carboxylic acids is 1. The van der Waals surface area contributed by atoms with Gasteiger partial charge in [0.15, 0.2) is 0 Å². The molecule has 0 radical (unpaired) electrons. The minimum atomic E-state index is -0.844. The van der Waals surface area contributed by atoms with Crippen LogP contribution in [0.15, 0.2) is 30.5 Å². The average molecular weight is 307 g/mol. The number of hydrogen-bond donors (Lipinski definition) is 2. The number of nitrogens with zero attached hydrogens (tertiary/aromatic N) is 1. The molecule has 1 aromatic heterocycles. The first-order chi connectivity index (χ1) is 10.1. The highest BCUT2D eigenvalue weighted by molar-refractivity contribution is 6.35. The van der Waals surface area contributed by atoms with Gasteiger partial charge >= 0.3 is 5.97 Å². The number of nitrogens with one attached hydrogen (secondary N) is 1. The third kappa shape index (κ3) is 4.16. The number of carboxylic acids is 1. The van der Waals surface area contributed by atoms with E-state index >= 15 is 0 Å². The maximum atomic E-state index is 11.9. The molecule has 21 heavy (non-hydrogen) atoms. The molecule has 0 saturated heterocycles. The Hall–Kier alpha value is -2.14. The lowest BCUT2D eigenvalue weighted by Crippen LogP contribution is -2.12. The molecular formula is C15H15ClN2O3. The van der Waals surface area contributed by atoms with Crippen LogP contribution >= 0.6 is 11.6 Å². The van der Waals surface area contributed by atoms with Crippen molar-refractivity contribution < 1.29 is 14.7 Å². The molecule has 6 heteroatoms. The number of rotatable bonds is 6. The smallest absolute Gasteiger partial charge is 0.303 e. The molecular weight excluding hydrogens is 292 g/mol. The van der Waals surface area contributed by atoms with Gasteiger partial charge in [0.1, 0.15) is 0 Å². The summed E-state index contributed by atoms with van der Waals surface area (Å²) in [6, 6.07) is 7.05. The fourth-order valence-corrected chi connectivity index (χ4v) is 2.23. The van der Waals surface area contributed by atoms with Crippen LogP contribution in [0.25, 0.3) is 10.9 Å². The van der Waals surface area contributed by atoms with Gasteiger partial charge in [-0.3, -0.25) is 14.6 Å². The van der Waals surface area contributed by atoms with E-state index < -0.39 is 5.97 Å². The number of hydrogen-bond acceptors (Lipinski definition) is 3. The molecule has 0 bridgehead atoms. The molecule has 1 aromatic carbocycles. The minimum absolute atomic E-state index is 0.0821. The van der Waals surface area contributed by atoms with Gasteiger partial charge in [-0.05, 0) is 37.1 Å². The largest absolute Gasteiger partial charge is 0.481 e. The molecule has 2 rings (SSSR count). The van der Waals surface area contributed by atoms with Gasteiger partial charge in [-0.15, -0.1) is 0 Å². The summed E-state index contributed by atoms with van der Waals surface area (Å²) in [5.41, 5.74) is 1.25. The Morgan fingerprint density at radius 2 is 1.95 bits per heavy atom. The van der Waals surface area contributed by atoms with Crippen molar-refractivity contribution in [2.24, 2.45) is 0 Å². The second-order valence-corrected chi connectivity index (χ2v) is 5.05. The lowest BCUT2D eigenvalue weighted by atomic mass is 10.1. The second kappa shape index (κ2) is 7.04. The van der Waals surface area contributed by atoms with Crippen LogP contribution in [0.3, 0.4) is 0 Å². The van der Waals surface area contributed by atoms with Crippen molar-refractivity contribution >= 4 is 40.1 Å². The van der Waals surface area contributed by atoms with Gasteiger partial charge < -0.3 is 10.4 Å². The minimum Gasteiger partial charge on any atom is -0.481 e. The maximum Gasteiger partial charge on any atom is 0.303 e. The predicted octanol–water partition coefficient (Wildman–Crippen LogP) is 3.47. The molecule has 0 aliphatic heterocycles. The van der Waals surface area contributed by atoms with Crippen molar-refractivity contribution in [1.82, 2.24) is 4.98 Å². The molecule has 0 atom stereocenters. The summed E-state index contributed by atoms with van der Waals surface area (Å²) < 4.78 is 0. The summed E-state index contributed by atoms with van der Waals surface area (Å²) in [6.07, 6.45) is 3.03. The van der Waals surface area contributed by atoms with Crippen LogP contribution < -0.4 is 5.32 Å². The molecule has 0 aliphatic carbocycles. The van der Waals surface area contributed by atoms with Gasteiger partial charge in [-0.25, -0.2) is 0 Å². The van der Waals surface area contributed by atoms with Crippen molar-refractivity contribution in [3.63, 3.8) is 0 Å². The average Bonchev–Trinajstić information content (AvgIpc) is 2.47. The quantitative estimate of drug-likeness (QED) is 0.801. The number of carbonyl (C=O) groups is 2. The molecule has 2 N–H and O–H groups in total. The summed E-state index contributed by atoms with van der Waals surface area (Å²) in [6.45, 7) is 0. The topological polar surface area (TPSA) is 79.3 Å². The first-order valence-electron chi connectivity index (χ1n) is 6.63. The van der Waals surface area contributed by atoms with Gasteiger partial charge in [0.25, 0.3) is 0 Å². The standard InChI is InChI=1S/C15H15ClN2O3/c16-11-7-8-12(15-10(11)4-3-9-17-15)18-13(19)5-1-2-6-14(20)21/h3-4,7-9H,1-2,5-6H2,(H,18,19)(H,20,21). The Morgan fingerprint density at radius 1 is 1.19 bits per heavy atom. The SMILES string of the molecule is O=C(O)CCCCC(=O)Nc1ccc(Cl)c2cccnc12. The number of aromatic nitrogens is 1. The van der Waals surface area contributed by atoms with Crippen molar-refractivity contribution in [3.8, 4) is 0 Å². The zero-order chi connectivity index (χ0) is 15.2. The van der Waals surface area contributed by atoms with Gasteiger partial charge in [-0.2, -0.15) is 0 Å². The first-order valence-corrected chi connectivity index (χ1v) is 7.00. The third-order valence-corrected chi connectivity index (χ3v) is 3.36. The van der Waals surface area contributed by atoms with Gasteiger partial charge in [-0.1, -0.05) is 11.6 Å². The van der Waals surface area contributed by atoms with Crippen molar-refractivity contribution in [2.45, 2.75) is 25.7 Å². The Bertz CT molecular complexity index is 673. The molecule has 5 nitrogen and oxygen atoms in total. The van der Waals surface area contributed by atoms with E-state index in [1.807, 2.05) is 6.07 Å². The molecule has 0 saturated carbocycles. The van der Waals surface area contributed by atoms with E-state index in [0.717, 1.165) is 5.39 Å². The summed E-state index contributed by atoms with van der Waals surface area (Å²) in [5, 5.41) is 12.7. The number of amides is 1. The molecule has 1 heterocycles. The van der Waals surface area contributed by atoms with Crippen molar-refractivity contribution in [3.05, 3.63) is 35.5 Å². The van der Waals surface area contributed by atoms with Crippen LogP contribution in [0.5, 0.6) is 0 Å². The van der Waals surface area contributed by atoms with E-state index in [0.29, 0.717) is 29.1 Å². The van der Waals surface area contributed by atoms with Crippen LogP contribution in [0.4, 0.5) is 5.69 Å². The predicted molar refractivity (Wildman–Crippen MR) is 81.5 cm³/mol. The summed E-state index contributed by atoms with van der Waals surface area (Å²) in [7, 11) is 0. The fraction of sp³-hybridized carbons (Fsp3) is 0.267. The number of anilines is 1. The zero-order valence-corrected chi connectivity index (χ0v) is 12.1. The van der Waals surface area contributed by atoms with Gasteiger partial charge in [0.2, 0.25) is 5.91 Å². The molecule has 0 spiro atoms. The van der Waals surface area contributed by atoms with Gasteiger partial charge in [0, 0.05) is 24.4 Å². The monoisotopic (exact) mass is 306 g/mol. The molecule has 1 amide bonds. The van der Waals surface area contributed by atoms with E-state index in [4.69, 9.17) is 16.7 Å². The molecule has 0 fully saturated rings. The Kier molecular flexibility index (Phi) is 5.11. The van der Waals surface area contributed by atoms with Crippen LogP contribution in [-0.2, 0) is 9.59 Å². The lowest BCUT2D eigenvalue weighted by molar-refractivity contribution is -0.137. The third-order valence-electron chi connectivity index (χ3n) is 3.04. The van der Waals surface area contributed by atoms with E-state index in [-0.39, 0.29) is 18.7 Å².